The molecular formula is C7H7AlN2O4. The highest BCUT2D eigenvalue weighted by Gasteiger charge is 2.05. The first-order chi connectivity index (χ1) is 6.63. The number of hydrogen-bond acceptors (Lipinski definition) is 4. The van der Waals surface area contributed by atoms with Gasteiger partial charge in [0.2, 0.25) is 0 Å². The lowest BCUT2D eigenvalue weighted by Crippen LogP contribution is -2.23. The number of benzene rings is 1. The van der Waals surface area contributed by atoms with Gasteiger partial charge in [-0.25, -0.2) is 4.79 Å². The number of nitrogens with one attached hydrogen (secondary N) is 1. The van der Waals surface area contributed by atoms with Gasteiger partial charge >= 0.3 is 22.6 Å². The number of carbonyl (C=O) groups is 1. The van der Waals surface area contributed by atoms with E-state index in [0.29, 0.717) is 16.5 Å². The summed E-state index contributed by atoms with van der Waals surface area (Å²) in [7, 11) is 0. The van der Waals surface area contributed by atoms with E-state index in [-0.39, 0.29) is 11.4 Å². The molecule has 0 saturated carbocycles. The maximum absolute atomic E-state index is 10.8. The Hall–Kier alpha value is -1.58. The number of non-ortho nitro benzene ring substituents is 1. The molecule has 1 rings (SSSR count). The fraction of sp³-hybridized carbons (Fsp3) is 0. The van der Waals surface area contributed by atoms with E-state index in [1.807, 2.05) is 0 Å². The summed E-state index contributed by atoms with van der Waals surface area (Å²) < 4.78 is 7.16. The Bertz CT molecular complexity index is 351. The minimum atomic E-state index is -0.550. The topological polar surface area (TPSA) is 81.5 Å². The molecule has 0 saturated heterocycles. The van der Waals surface area contributed by atoms with E-state index < -0.39 is 11.0 Å². The number of nitro groups is 1. The number of rotatable bonds is 2. The molecule has 72 valence electrons. The third-order valence-electron chi connectivity index (χ3n) is 1.46. The number of carbonyl (C=O) groups excluding carboxylic acids is 1. The maximum atomic E-state index is 10.8. The normalized spacial score (nSPS) is 9.14. The van der Waals surface area contributed by atoms with E-state index in [2.05, 4.69) is 4.30 Å². The fourth-order valence-corrected chi connectivity index (χ4v) is 0.896. The standard InChI is InChI=1S/C7H6N2O4.Al.2H/c8-7(10)13-6-3-1-5(2-4-6)9(11)12;;;/h1-4H,(H2,8,10);;;/q;+1;;/p-1. The van der Waals surface area contributed by atoms with Crippen molar-refractivity contribution in [3.8, 4) is 5.75 Å². The van der Waals surface area contributed by atoms with Gasteiger partial charge in [0.25, 0.3) is 5.69 Å². The zero-order valence-corrected chi connectivity index (χ0v) is 9.39. The summed E-state index contributed by atoms with van der Waals surface area (Å²) in [5.74, 6) is 0.281. The summed E-state index contributed by atoms with van der Waals surface area (Å²) in [6.07, 6.45) is -0.550. The van der Waals surface area contributed by atoms with Crippen LogP contribution in [0.2, 0.25) is 0 Å². The molecule has 0 aliphatic heterocycles. The van der Waals surface area contributed by atoms with Crippen molar-refractivity contribution in [2.24, 2.45) is 0 Å². The summed E-state index contributed by atoms with van der Waals surface area (Å²) in [5.41, 5.74) is -0.0383. The van der Waals surface area contributed by atoms with Gasteiger partial charge in [0.1, 0.15) is 5.75 Å². The van der Waals surface area contributed by atoms with E-state index in [1.54, 1.807) is 0 Å². The highest BCUT2D eigenvalue weighted by molar-refractivity contribution is 6.13. The molecule has 0 aliphatic rings. The molecule has 0 bridgehead atoms. The molecule has 0 aromatic heterocycles. The molecule has 1 aromatic carbocycles. The van der Waals surface area contributed by atoms with Gasteiger partial charge in [-0.15, -0.1) is 0 Å². The quantitative estimate of drug-likeness (QED) is 0.430. The Morgan fingerprint density at radius 1 is 1.43 bits per heavy atom. The smallest absolute Gasteiger partial charge is 0.388 e. The summed E-state index contributed by atoms with van der Waals surface area (Å²) in [4.78, 5) is 20.5. The van der Waals surface area contributed by atoms with Gasteiger partial charge in [-0.05, 0) is 12.1 Å². The maximum Gasteiger partial charge on any atom is 0.388 e. The van der Waals surface area contributed by atoms with Gasteiger partial charge in [-0.3, -0.25) is 10.1 Å². The van der Waals surface area contributed by atoms with Crippen LogP contribution in [-0.4, -0.2) is 27.5 Å². The molecule has 0 fully saturated rings. The van der Waals surface area contributed by atoms with Crippen molar-refractivity contribution in [1.82, 2.24) is 4.30 Å². The highest BCUT2D eigenvalue weighted by atomic mass is 27.1. The summed E-state index contributed by atoms with van der Waals surface area (Å²) in [6, 6.07) is 5.29. The number of ether oxygens (including phenoxy) is 1. The van der Waals surface area contributed by atoms with Crippen LogP contribution in [0.1, 0.15) is 0 Å². The Morgan fingerprint density at radius 3 is 2.43 bits per heavy atom. The van der Waals surface area contributed by atoms with Crippen molar-refractivity contribution in [3.63, 3.8) is 0 Å². The first-order valence-electron chi connectivity index (χ1n) is 3.77. The highest BCUT2D eigenvalue weighted by Crippen LogP contribution is 2.17. The van der Waals surface area contributed by atoms with Gasteiger partial charge < -0.3 is 9.04 Å². The monoisotopic (exact) mass is 210 g/mol. The molecule has 0 atom stereocenters. The Balaban J connectivity index is 2.73. The van der Waals surface area contributed by atoms with Crippen LogP contribution < -0.4 is 9.04 Å². The van der Waals surface area contributed by atoms with E-state index >= 15 is 0 Å². The molecule has 0 radical (unpaired) electrons. The average Bonchev–Trinajstić information content (AvgIpc) is 2.18. The van der Waals surface area contributed by atoms with Crippen molar-refractivity contribution in [1.29, 1.82) is 0 Å². The lowest BCUT2D eigenvalue weighted by Gasteiger charge is -2.02. The summed E-state index contributed by atoms with van der Waals surface area (Å²) in [5, 5.41) is 10.3. The minimum Gasteiger partial charge on any atom is -0.419 e. The van der Waals surface area contributed by atoms with Crippen LogP contribution in [0.15, 0.2) is 24.3 Å². The molecular weight excluding hydrogens is 203 g/mol. The van der Waals surface area contributed by atoms with Crippen LogP contribution in [0.5, 0.6) is 5.75 Å². The van der Waals surface area contributed by atoms with Crippen LogP contribution >= 0.6 is 0 Å². The zero-order valence-electron chi connectivity index (χ0n) is 7.39. The third kappa shape index (κ3) is 2.73. The number of nitrogens with zero attached hydrogens (tertiary/aromatic N) is 1. The molecule has 0 heterocycles. The fourth-order valence-electron chi connectivity index (χ4n) is 0.794. The lowest BCUT2D eigenvalue weighted by atomic mass is 10.3. The Kier molecular flexibility index (Phi) is 3.45. The average molecular weight is 210 g/mol. The molecule has 0 aliphatic carbocycles. The molecule has 1 N–H and O–H groups in total. The predicted molar refractivity (Wildman–Crippen MR) is 50.8 cm³/mol. The first-order valence-corrected chi connectivity index (χ1v) is 4.77. The second-order valence-corrected chi connectivity index (χ2v) is 2.89. The zero-order chi connectivity index (χ0) is 10.6. The van der Waals surface area contributed by atoms with Crippen molar-refractivity contribution in [2.75, 3.05) is 0 Å². The SMILES string of the molecule is O=C([NH][AlH2])Oc1ccc([N+](=O)[O-])cc1. The van der Waals surface area contributed by atoms with Crippen LogP contribution in [0.3, 0.4) is 0 Å². The van der Waals surface area contributed by atoms with E-state index in [0.717, 1.165) is 0 Å². The van der Waals surface area contributed by atoms with Crippen molar-refractivity contribution >= 4 is 28.3 Å². The van der Waals surface area contributed by atoms with Crippen molar-refractivity contribution in [2.45, 2.75) is 0 Å². The molecule has 1 amide bonds. The largest absolute Gasteiger partial charge is 0.419 e. The lowest BCUT2D eigenvalue weighted by molar-refractivity contribution is -0.384. The van der Waals surface area contributed by atoms with Gasteiger partial charge in [-0.2, -0.15) is 0 Å². The molecule has 14 heavy (non-hydrogen) atoms. The van der Waals surface area contributed by atoms with E-state index in [4.69, 9.17) is 4.74 Å². The summed E-state index contributed by atoms with van der Waals surface area (Å²) in [6.45, 7) is 0. The molecule has 1 aromatic rings. The molecule has 6 nitrogen and oxygen atoms in total. The molecule has 0 spiro atoms. The van der Waals surface area contributed by atoms with Gasteiger partial charge in [0.05, 0.1) is 4.92 Å². The van der Waals surface area contributed by atoms with Crippen LogP contribution in [0, 0.1) is 10.1 Å². The predicted octanol–water partition coefficient (Wildman–Crippen LogP) is 0.231. The van der Waals surface area contributed by atoms with Gasteiger partial charge in [0.15, 0.2) is 0 Å². The van der Waals surface area contributed by atoms with Gasteiger partial charge in [-0.1, -0.05) is 0 Å². The number of nitro benzene ring substituents is 1. The number of amides is 1. The second kappa shape index (κ2) is 4.60. The van der Waals surface area contributed by atoms with Crippen LogP contribution in [0.25, 0.3) is 0 Å². The van der Waals surface area contributed by atoms with Crippen molar-refractivity contribution in [3.05, 3.63) is 34.4 Å². The molecule has 0 unspecified atom stereocenters. The van der Waals surface area contributed by atoms with E-state index in [1.165, 1.54) is 24.3 Å². The van der Waals surface area contributed by atoms with Crippen LogP contribution in [0.4, 0.5) is 10.5 Å². The van der Waals surface area contributed by atoms with E-state index in [9.17, 15) is 14.9 Å². The summed E-state index contributed by atoms with van der Waals surface area (Å²) >= 11 is 0.496. The first kappa shape index (κ1) is 10.5. The van der Waals surface area contributed by atoms with Gasteiger partial charge in [0, 0.05) is 12.1 Å². The third-order valence-corrected chi connectivity index (χ3v) is 1.87. The Morgan fingerprint density at radius 2 is 2.00 bits per heavy atom. The Labute approximate surface area is 87.7 Å². The van der Waals surface area contributed by atoms with Crippen molar-refractivity contribution < 1.29 is 14.5 Å². The second-order valence-electron chi connectivity index (χ2n) is 2.39. The molecule has 7 heteroatoms. The number of hydrogen-bond donors (Lipinski definition) is 1. The minimum absolute atomic E-state index is 0.0383. The van der Waals surface area contributed by atoms with Crippen LogP contribution in [-0.2, 0) is 0 Å².